The Labute approximate surface area is 121 Å². The number of carbonyl (C=O) groups excluding carboxylic acids is 1. The van der Waals surface area contributed by atoms with Crippen LogP contribution in [0.4, 0.5) is 0 Å². The maximum atomic E-state index is 12.1. The molecule has 5 heteroatoms. The number of Topliss-reactive ketones (excluding diaryl/α,β-unsaturated/α-hetero) is 1. The van der Waals surface area contributed by atoms with E-state index in [1.165, 1.54) is 24.3 Å². The lowest BCUT2D eigenvalue weighted by Crippen LogP contribution is -2.47. The van der Waals surface area contributed by atoms with E-state index < -0.39 is 0 Å². The molecule has 1 aliphatic rings. The lowest BCUT2D eigenvalue weighted by Gasteiger charge is -2.33. The second-order valence-electron chi connectivity index (χ2n) is 4.64. The molecule has 0 bridgehead atoms. The van der Waals surface area contributed by atoms with E-state index in [1.807, 2.05) is 12.1 Å². The fraction of sp³-hybridized carbons (Fsp3) is 0.615. The van der Waals surface area contributed by atoms with Gasteiger partial charge in [0, 0.05) is 26.2 Å². The zero-order chi connectivity index (χ0) is 13.0. The summed E-state index contributed by atoms with van der Waals surface area (Å²) in [4.78, 5) is 17.7. The van der Waals surface area contributed by atoms with Crippen LogP contribution in [0.25, 0.3) is 0 Å². The molecule has 0 unspecified atom stereocenters. The fourth-order valence-electron chi connectivity index (χ4n) is 2.23. The van der Waals surface area contributed by atoms with Crippen LogP contribution in [-0.4, -0.2) is 54.9 Å². The molecule has 1 fully saturated rings. The summed E-state index contributed by atoms with van der Waals surface area (Å²) in [5.41, 5.74) is 0. The Kier molecular flexibility index (Phi) is 5.36. The number of thiophene rings is 1. The number of nitrogens with zero attached hydrogens (tertiary/aromatic N) is 2. The van der Waals surface area contributed by atoms with Crippen molar-refractivity contribution in [1.82, 2.24) is 9.80 Å². The van der Waals surface area contributed by atoms with E-state index >= 15 is 0 Å². The topological polar surface area (TPSA) is 23.6 Å². The fourth-order valence-corrected chi connectivity index (χ4v) is 3.55. The molecule has 3 nitrogen and oxygen atoms in total. The highest BCUT2D eigenvalue weighted by atomic mass is 79.9. The first-order valence-corrected chi connectivity index (χ1v) is 8.03. The van der Waals surface area contributed by atoms with Crippen LogP contribution < -0.4 is 0 Å². The summed E-state index contributed by atoms with van der Waals surface area (Å²) in [5, 5.41) is 0. The number of ketones is 1. The Morgan fingerprint density at radius 3 is 2.50 bits per heavy atom. The second kappa shape index (κ2) is 6.80. The van der Waals surface area contributed by atoms with Gasteiger partial charge in [0.2, 0.25) is 0 Å². The van der Waals surface area contributed by atoms with Crippen molar-refractivity contribution in [2.75, 3.05) is 39.3 Å². The van der Waals surface area contributed by atoms with Crippen LogP contribution in [0, 0.1) is 0 Å². The van der Waals surface area contributed by atoms with Gasteiger partial charge in [-0.05, 0) is 41.0 Å². The van der Waals surface area contributed by atoms with Crippen molar-refractivity contribution in [3.8, 4) is 0 Å². The molecule has 1 aliphatic heterocycles. The van der Waals surface area contributed by atoms with Crippen molar-refractivity contribution in [1.29, 1.82) is 0 Å². The van der Waals surface area contributed by atoms with Crippen LogP contribution in [0.1, 0.15) is 23.0 Å². The van der Waals surface area contributed by atoms with Gasteiger partial charge in [-0.1, -0.05) is 6.92 Å². The lowest BCUT2D eigenvalue weighted by molar-refractivity contribution is 0.0857. The Hall–Kier alpha value is -0.230. The molecule has 0 atom stereocenters. The highest BCUT2D eigenvalue weighted by Gasteiger charge is 2.19. The summed E-state index contributed by atoms with van der Waals surface area (Å²) in [6.45, 7) is 8.16. The van der Waals surface area contributed by atoms with Gasteiger partial charge < -0.3 is 4.90 Å². The highest BCUT2D eigenvalue weighted by molar-refractivity contribution is 9.11. The van der Waals surface area contributed by atoms with Crippen molar-refractivity contribution in [3.05, 3.63) is 20.8 Å². The normalized spacial score (nSPS) is 18.1. The summed E-state index contributed by atoms with van der Waals surface area (Å²) in [7, 11) is 0. The van der Waals surface area contributed by atoms with Crippen LogP contribution >= 0.6 is 27.3 Å². The standard InChI is InChI=1S/C13H19BrN2OS/c1-2-5-15-6-8-16(9-7-15)10-11(17)12-3-4-13(14)18-12/h3-4H,2,5-10H2,1H3. The van der Waals surface area contributed by atoms with Gasteiger partial charge in [0.1, 0.15) is 0 Å². The Balaban J connectivity index is 1.79. The van der Waals surface area contributed by atoms with Crippen LogP contribution in [0.5, 0.6) is 0 Å². The number of hydrogen-bond acceptors (Lipinski definition) is 4. The zero-order valence-corrected chi connectivity index (χ0v) is 13.1. The second-order valence-corrected chi connectivity index (χ2v) is 7.11. The molecule has 0 spiro atoms. The molecule has 1 saturated heterocycles. The molecule has 0 aromatic carbocycles. The lowest BCUT2D eigenvalue weighted by atomic mass is 10.2. The number of halogens is 1. The summed E-state index contributed by atoms with van der Waals surface area (Å²) < 4.78 is 1.03. The number of carbonyl (C=O) groups is 1. The van der Waals surface area contributed by atoms with E-state index in [0.29, 0.717) is 6.54 Å². The highest BCUT2D eigenvalue weighted by Crippen LogP contribution is 2.22. The van der Waals surface area contributed by atoms with E-state index in [0.717, 1.165) is 34.8 Å². The van der Waals surface area contributed by atoms with E-state index in [-0.39, 0.29) is 5.78 Å². The molecule has 2 heterocycles. The molecule has 1 aromatic heterocycles. The molecule has 0 radical (unpaired) electrons. The minimum Gasteiger partial charge on any atom is -0.301 e. The van der Waals surface area contributed by atoms with Gasteiger partial charge in [0.25, 0.3) is 0 Å². The monoisotopic (exact) mass is 330 g/mol. The van der Waals surface area contributed by atoms with Crippen molar-refractivity contribution < 1.29 is 4.79 Å². The average Bonchev–Trinajstić information content (AvgIpc) is 2.79. The predicted molar refractivity (Wildman–Crippen MR) is 79.5 cm³/mol. The molecule has 100 valence electrons. The molecule has 0 N–H and O–H groups in total. The largest absolute Gasteiger partial charge is 0.301 e. The van der Waals surface area contributed by atoms with E-state index in [9.17, 15) is 4.79 Å². The maximum absolute atomic E-state index is 12.1. The zero-order valence-electron chi connectivity index (χ0n) is 10.7. The first-order chi connectivity index (χ1) is 8.69. The van der Waals surface area contributed by atoms with Gasteiger partial charge in [-0.25, -0.2) is 0 Å². The van der Waals surface area contributed by atoms with Gasteiger partial charge in [-0.3, -0.25) is 9.69 Å². The van der Waals surface area contributed by atoms with E-state index in [1.54, 1.807) is 0 Å². The first kappa shape index (κ1) is 14.2. The van der Waals surface area contributed by atoms with Crippen LogP contribution in [-0.2, 0) is 0 Å². The van der Waals surface area contributed by atoms with Crippen molar-refractivity contribution >= 4 is 33.0 Å². The Morgan fingerprint density at radius 1 is 1.28 bits per heavy atom. The third-order valence-corrected chi connectivity index (χ3v) is 4.88. The summed E-state index contributed by atoms with van der Waals surface area (Å²) in [5.74, 6) is 0.245. The van der Waals surface area contributed by atoms with Gasteiger partial charge in [-0.15, -0.1) is 11.3 Å². The summed E-state index contributed by atoms with van der Waals surface area (Å²) in [6, 6.07) is 3.85. The van der Waals surface area contributed by atoms with Crippen LogP contribution in [0.15, 0.2) is 15.9 Å². The van der Waals surface area contributed by atoms with Crippen LogP contribution in [0.3, 0.4) is 0 Å². The minimum atomic E-state index is 0.245. The van der Waals surface area contributed by atoms with E-state index in [4.69, 9.17) is 0 Å². The van der Waals surface area contributed by atoms with E-state index in [2.05, 4.69) is 32.7 Å². The summed E-state index contributed by atoms with van der Waals surface area (Å²) >= 11 is 4.92. The molecule has 1 aromatic rings. The predicted octanol–water partition coefficient (Wildman–Crippen LogP) is 2.72. The van der Waals surface area contributed by atoms with Gasteiger partial charge in [0.05, 0.1) is 15.2 Å². The van der Waals surface area contributed by atoms with Crippen LogP contribution in [0.2, 0.25) is 0 Å². The minimum absolute atomic E-state index is 0.245. The number of hydrogen-bond donors (Lipinski definition) is 0. The quantitative estimate of drug-likeness (QED) is 0.775. The van der Waals surface area contributed by atoms with Crippen molar-refractivity contribution in [2.24, 2.45) is 0 Å². The van der Waals surface area contributed by atoms with Gasteiger partial charge in [-0.2, -0.15) is 0 Å². The smallest absolute Gasteiger partial charge is 0.186 e. The molecule has 0 aliphatic carbocycles. The van der Waals surface area contributed by atoms with Crippen molar-refractivity contribution in [2.45, 2.75) is 13.3 Å². The summed E-state index contributed by atoms with van der Waals surface area (Å²) in [6.07, 6.45) is 1.21. The molecule has 0 amide bonds. The maximum Gasteiger partial charge on any atom is 0.186 e. The first-order valence-electron chi connectivity index (χ1n) is 6.42. The number of rotatable bonds is 5. The third-order valence-electron chi connectivity index (χ3n) is 3.22. The van der Waals surface area contributed by atoms with Crippen molar-refractivity contribution in [3.63, 3.8) is 0 Å². The average molecular weight is 331 g/mol. The van der Waals surface area contributed by atoms with Gasteiger partial charge >= 0.3 is 0 Å². The number of piperazine rings is 1. The molecular formula is C13H19BrN2OS. The molecule has 18 heavy (non-hydrogen) atoms. The van der Waals surface area contributed by atoms with Gasteiger partial charge in [0.15, 0.2) is 5.78 Å². The molecule has 2 rings (SSSR count). The Bertz CT molecular complexity index is 399. The molecular weight excluding hydrogens is 312 g/mol. The SMILES string of the molecule is CCCN1CCN(CC(=O)c2ccc(Br)s2)CC1. The Morgan fingerprint density at radius 2 is 1.94 bits per heavy atom. The molecule has 0 saturated carbocycles. The third kappa shape index (κ3) is 3.88.